The van der Waals surface area contributed by atoms with Gasteiger partial charge in [0.1, 0.15) is 5.75 Å². The van der Waals surface area contributed by atoms with E-state index in [1.807, 2.05) is 0 Å². The molecule has 0 heterocycles. The summed E-state index contributed by atoms with van der Waals surface area (Å²) < 4.78 is 5.14. The Hall–Kier alpha value is -2.69. The molecule has 0 spiro atoms. The van der Waals surface area contributed by atoms with E-state index in [2.05, 4.69) is 0 Å². The Morgan fingerprint density at radius 2 is 1.80 bits per heavy atom. The summed E-state index contributed by atoms with van der Waals surface area (Å²) in [4.78, 5) is 22.3. The number of ether oxygens (including phenoxy) is 1. The van der Waals surface area contributed by atoms with Gasteiger partial charge in [0, 0.05) is 18.6 Å². The fourth-order valence-electron chi connectivity index (χ4n) is 1.89. The van der Waals surface area contributed by atoms with Crippen LogP contribution in [0.2, 0.25) is 0 Å². The average molecular weight is 271 g/mol. The van der Waals surface area contributed by atoms with Crippen LogP contribution in [-0.2, 0) is 6.42 Å². The second kappa shape index (κ2) is 5.97. The van der Waals surface area contributed by atoms with Gasteiger partial charge in [-0.15, -0.1) is 0 Å². The SMILES string of the molecule is COc1ccccc1C(=O)Cc1ccc([N+](=O)[O-])cc1. The van der Waals surface area contributed by atoms with Crippen LogP contribution in [0.15, 0.2) is 48.5 Å². The Kier molecular flexibility index (Phi) is 4.10. The summed E-state index contributed by atoms with van der Waals surface area (Å²) in [5, 5.41) is 10.6. The van der Waals surface area contributed by atoms with Crippen LogP contribution in [0.25, 0.3) is 0 Å². The van der Waals surface area contributed by atoms with E-state index in [0.717, 1.165) is 5.56 Å². The van der Waals surface area contributed by atoms with Crippen LogP contribution in [0.5, 0.6) is 5.75 Å². The number of hydrogen-bond acceptors (Lipinski definition) is 4. The lowest BCUT2D eigenvalue weighted by molar-refractivity contribution is -0.384. The lowest BCUT2D eigenvalue weighted by Crippen LogP contribution is -2.05. The molecule has 0 aliphatic carbocycles. The van der Waals surface area contributed by atoms with Gasteiger partial charge in [-0.25, -0.2) is 0 Å². The van der Waals surface area contributed by atoms with E-state index in [4.69, 9.17) is 4.74 Å². The summed E-state index contributed by atoms with van der Waals surface area (Å²) in [6, 6.07) is 13.0. The minimum Gasteiger partial charge on any atom is -0.496 e. The molecule has 0 aliphatic rings. The van der Waals surface area contributed by atoms with Crippen molar-refractivity contribution in [3.8, 4) is 5.75 Å². The highest BCUT2D eigenvalue weighted by atomic mass is 16.6. The number of Topliss-reactive ketones (excluding diaryl/α,β-unsaturated/α-hetero) is 1. The second-order valence-electron chi connectivity index (χ2n) is 4.22. The first kappa shape index (κ1) is 13.7. The minimum absolute atomic E-state index is 0.0125. The van der Waals surface area contributed by atoms with Crippen LogP contribution < -0.4 is 4.74 Å². The molecule has 0 amide bonds. The van der Waals surface area contributed by atoms with Crippen molar-refractivity contribution in [2.75, 3.05) is 7.11 Å². The van der Waals surface area contributed by atoms with Crippen LogP contribution in [0, 0.1) is 10.1 Å². The summed E-state index contributed by atoms with van der Waals surface area (Å²) in [5.74, 6) is 0.440. The Bertz CT molecular complexity index is 635. The minimum atomic E-state index is -0.466. The maximum Gasteiger partial charge on any atom is 0.269 e. The monoisotopic (exact) mass is 271 g/mol. The van der Waals surface area contributed by atoms with Gasteiger partial charge in [0.15, 0.2) is 5.78 Å². The maximum absolute atomic E-state index is 12.2. The van der Waals surface area contributed by atoms with Crippen molar-refractivity contribution in [2.45, 2.75) is 6.42 Å². The highest BCUT2D eigenvalue weighted by molar-refractivity contribution is 5.99. The zero-order valence-corrected chi connectivity index (χ0v) is 10.9. The number of benzene rings is 2. The van der Waals surface area contributed by atoms with Gasteiger partial charge in [-0.2, -0.15) is 0 Å². The summed E-state index contributed by atoms with van der Waals surface area (Å²) in [7, 11) is 1.51. The predicted octanol–water partition coefficient (Wildman–Crippen LogP) is 3.03. The first-order valence-corrected chi connectivity index (χ1v) is 6.01. The van der Waals surface area contributed by atoms with E-state index in [9.17, 15) is 14.9 Å². The van der Waals surface area contributed by atoms with Crippen molar-refractivity contribution >= 4 is 11.5 Å². The predicted molar refractivity (Wildman–Crippen MR) is 74.1 cm³/mol. The van der Waals surface area contributed by atoms with E-state index in [-0.39, 0.29) is 17.9 Å². The quantitative estimate of drug-likeness (QED) is 0.476. The molecule has 0 bridgehead atoms. The molecule has 0 fully saturated rings. The van der Waals surface area contributed by atoms with E-state index >= 15 is 0 Å². The number of para-hydroxylation sites is 1. The average Bonchev–Trinajstić information content (AvgIpc) is 2.47. The van der Waals surface area contributed by atoms with Gasteiger partial charge in [-0.1, -0.05) is 24.3 Å². The molecular weight excluding hydrogens is 258 g/mol. The molecule has 0 aliphatic heterocycles. The van der Waals surface area contributed by atoms with Crippen molar-refractivity contribution in [1.82, 2.24) is 0 Å². The van der Waals surface area contributed by atoms with Crippen LogP contribution in [0.4, 0.5) is 5.69 Å². The molecule has 0 N–H and O–H groups in total. The van der Waals surface area contributed by atoms with Crippen LogP contribution in [-0.4, -0.2) is 17.8 Å². The molecule has 20 heavy (non-hydrogen) atoms. The number of ketones is 1. The molecule has 0 saturated carbocycles. The molecule has 2 aromatic carbocycles. The van der Waals surface area contributed by atoms with Gasteiger partial charge in [0.05, 0.1) is 17.6 Å². The number of nitro groups is 1. The van der Waals surface area contributed by atoms with E-state index < -0.39 is 4.92 Å². The number of nitrogens with zero attached hydrogens (tertiary/aromatic N) is 1. The fourth-order valence-corrected chi connectivity index (χ4v) is 1.89. The number of hydrogen-bond donors (Lipinski definition) is 0. The topological polar surface area (TPSA) is 69.4 Å². The first-order chi connectivity index (χ1) is 9.61. The molecule has 5 nitrogen and oxygen atoms in total. The summed E-state index contributed by atoms with van der Waals surface area (Å²) >= 11 is 0. The van der Waals surface area contributed by atoms with Crippen molar-refractivity contribution in [2.24, 2.45) is 0 Å². The lowest BCUT2D eigenvalue weighted by Gasteiger charge is -2.07. The molecule has 2 aromatic rings. The standard InChI is InChI=1S/C15H13NO4/c1-20-15-5-3-2-4-13(15)14(17)10-11-6-8-12(9-7-11)16(18)19/h2-9H,10H2,1H3. The highest BCUT2D eigenvalue weighted by Gasteiger charge is 2.13. The van der Waals surface area contributed by atoms with E-state index in [0.29, 0.717) is 11.3 Å². The first-order valence-electron chi connectivity index (χ1n) is 6.01. The zero-order valence-electron chi connectivity index (χ0n) is 10.9. The van der Waals surface area contributed by atoms with Gasteiger partial charge in [0.25, 0.3) is 5.69 Å². The number of methoxy groups -OCH3 is 1. The third-order valence-corrected chi connectivity index (χ3v) is 2.92. The van der Waals surface area contributed by atoms with Crippen molar-refractivity contribution in [1.29, 1.82) is 0 Å². The molecule has 5 heteroatoms. The van der Waals surface area contributed by atoms with E-state index in [1.165, 1.54) is 19.2 Å². The summed E-state index contributed by atoms with van der Waals surface area (Å²) in [5.41, 5.74) is 1.25. The Labute approximate surface area is 116 Å². The van der Waals surface area contributed by atoms with Crippen molar-refractivity contribution in [3.05, 3.63) is 69.8 Å². The molecule has 0 radical (unpaired) electrons. The number of carbonyl (C=O) groups excluding carboxylic acids is 1. The van der Waals surface area contributed by atoms with E-state index in [1.54, 1.807) is 36.4 Å². The number of rotatable bonds is 5. The van der Waals surface area contributed by atoms with Crippen molar-refractivity contribution in [3.63, 3.8) is 0 Å². The zero-order chi connectivity index (χ0) is 14.5. The Morgan fingerprint density at radius 3 is 2.40 bits per heavy atom. The fraction of sp³-hybridized carbons (Fsp3) is 0.133. The molecule has 0 aromatic heterocycles. The smallest absolute Gasteiger partial charge is 0.269 e. The van der Waals surface area contributed by atoms with Gasteiger partial charge in [0.2, 0.25) is 0 Å². The van der Waals surface area contributed by atoms with Gasteiger partial charge >= 0.3 is 0 Å². The highest BCUT2D eigenvalue weighted by Crippen LogP contribution is 2.20. The third kappa shape index (κ3) is 3.00. The molecule has 0 saturated heterocycles. The van der Waals surface area contributed by atoms with Crippen LogP contribution >= 0.6 is 0 Å². The van der Waals surface area contributed by atoms with Gasteiger partial charge in [-0.05, 0) is 17.7 Å². The Morgan fingerprint density at radius 1 is 1.15 bits per heavy atom. The third-order valence-electron chi connectivity index (χ3n) is 2.92. The molecule has 2 rings (SSSR count). The lowest BCUT2D eigenvalue weighted by atomic mass is 10.0. The molecular formula is C15H13NO4. The number of non-ortho nitro benzene ring substituents is 1. The molecule has 102 valence electrons. The number of nitro benzene ring substituents is 1. The molecule has 0 unspecified atom stereocenters. The van der Waals surface area contributed by atoms with Crippen LogP contribution in [0.3, 0.4) is 0 Å². The van der Waals surface area contributed by atoms with Crippen LogP contribution in [0.1, 0.15) is 15.9 Å². The second-order valence-corrected chi connectivity index (χ2v) is 4.22. The van der Waals surface area contributed by atoms with Gasteiger partial charge in [-0.3, -0.25) is 14.9 Å². The molecule has 0 atom stereocenters. The maximum atomic E-state index is 12.2. The van der Waals surface area contributed by atoms with Gasteiger partial charge < -0.3 is 4.74 Å². The van der Waals surface area contributed by atoms with Crippen molar-refractivity contribution < 1.29 is 14.5 Å². The largest absolute Gasteiger partial charge is 0.496 e. The summed E-state index contributed by atoms with van der Waals surface area (Å²) in [6.45, 7) is 0. The number of carbonyl (C=O) groups is 1. The Balaban J connectivity index is 2.17. The normalized spacial score (nSPS) is 10.1. The summed E-state index contributed by atoms with van der Waals surface area (Å²) in [6.07, 6.45) is 0.179.